The molecule has 20 heavy (non-hydrogen) atoms. The Hall–Kier alpha value is -1.50. The normalized spacial score (nSPS) is 13.4. The Labute approximate surface area is 123 Å². The third kappa shape index (κ3) is 4.56. The molecule has 0 spiro atoms. The molecule has 1 heteroatoms. The average Bonchev–Trinajstić information content (AvgIpc) is 2.36. The molecule has 0 heterocycles. The summed E-state index contributed by atoms with van der Waals surface area (Å²) in [4.78, 5) is 0. The first-order chi connectivity index (χ1) is 9.44. The van der Waals surface area contributed by atoms with E-state index in [2.05, 4.69) is 70.2 Å². The number of benzene rings is 2. The summed E-state index contributed by atoms with van der Waals surface area (Å²) in [5.74, 6) is 1.68. The molecule has 0 aromatic heterocycles. The van der Waals surface area contributed by atoms with E-state index in [-0.39, 0.29) is 0 Å². The van der Waals surface area contributed by atoms with Crippen molar-refractivity contribution in [3.8, 4) is 5.75 Å². The van der Waals surface area contributed by atoms with Gasteiger partial charge in [0.05, 0.1) is 6.61 Å². The molecule has 0 saturated carbocycles. The highest BCUT2D eigenvalue weighted by Gasteiger charge is 2.15. The van der Waals surface area contributed by atoms with E-state index in [9.17, 15) is 0 Å². The minimum Gasteiger partial charge on any atom is -0.494 e. The van der Waals surface area contributed by atoms with Crippen LogP contribution in [0.1, 0.15) is 40.5 Å². The third-order valence-corrected chi connectivity index (χ3v) is 3.56. The zero-order valence-electron chi connectivity index (χ0n) is 13.1. The lowest BCUT2D eigenvalue weighted by Gasteiger charge is -2.23. The van der Waals surface area contributed by atoms with Gasteiger partial charge in [-0.15, -0.1) is 0 Å². The third-order valence-electron chi connectivity index (χ3n) is 3.56. The van der Waals surface area contributed by atoms with Crippen molar-refractivity contribution in [2.24, 2.45) is 11.3 Å². The fraction of sp³-hybridized carbons (Fsp3) is 0.474. The van der Waals surface area contributed by atoms with Crippen LogP contribution in [-0.4, -0.2) is 6.61 Å². The Kier molecular flexibility index (Phi) is 4.69. The Morgan fingerprint density at radius 1 is 1.00 bits per heavy atom. The van der Waals surface area contributed by atoms with E-state index in [0.29, 0.717) is 11.3 Å². The predicted molar refractivity (Wildman–Crippen MR) is 87.3 cm³/mol. The van der Waals surface area contributed by atoms with Gasteiger partial charge in [-0.25, -0.2) is 0 Å². The molecule has 0 aliphatic carbocycles. The number of fused-ring (bicyclic) bond motifs is 1. The summed E-state index contributed by atoms with van der Waals surface area (Å²) in [5.41, 5.74) is 0.405. The predicted octanol–water partition coefficient (Wildman–Crippen LogP) is 5.68. The number of rotatable bonds is 5. The molecule has 1 unspecified atom stereocenters. The Balaban J connectivity index is 1.86. The lowest BCUT2D eigenvalue weighted by molar-refractivity contribution is 0.241. The van der Waals surface area contributed by atoms with Gasteiger partial charge < -0.3 is 4.74 Å². The Bertz CT molecular complexity index is 551. The van der Waals surface area contributed by atoms with Crippen LogP contribution in [0.3, 0.4) is 0 Å². The lowest BCUT2D eigenvalue weighted by Crippen LogP contribution is -2.13. The van der Waals surface area contributed by atoms with Crippen LogP contribution >= 0.6 is 0 Å². The molecule has 2 aromatic carbocycles. The van der Waals surface area contributed by atoms with E-state index in [1.165, 1.54) is 17.2 Å². The molecular formula is C19H26O. The molecule has 0 bridgehead atoms. The van der Waals surface area contributed by atoms with Crippen LogP contribution in [-0.2, 0) is 0 Å². The first-order valence-electron chi connectivity index (χ1n) is 7.56. The van der Waals surface area contributed by atoms with Gasteiger partial charge in [-0.05, 0) is 47.1 Å². The lowest BCUT2D eigenvalue weighted by atomic mass is 9.84. The van der Waals surface area contributed by atoms with Crippen LogP contribution in [0.5, 0.6) is 5.75 Å². The fourth-order valence-electron chi connectivity index (χ4n) is 2.78. The second-order valence-electron chi connectivity index (χ2n) is 7.02. The zero-order valence-corrected chi connectivity index (χ0v) is 13.1. The van der Waals surface area contributed by atoms with Crippen molar-refractivity contribution in [1.29, 1.82) is 0 Å². The molecule has 0 aliphatic heterocycles. The molecular weight excluding hydrogens is 244 g/mol. The van der Waals surface area contributed by atoms with Gasteiger partial charge in [0.15, 0.2) is 0 Å². The van der Waals surface area contributed by atoms with Gasteiger partial charge in [-0.1, -0.05) is 58.0 Å². The maximum Gasteiger partial charge on any atom is 0.119 e. The van der Waals surface area contributed by atoms with Crippen LogP contribution in [0.4, 0.5) is 0 Å². The van der Waals surface area contributed by atoms with E-state index in [1.54, 1.807) is 0 Å². The van der Waals surface area contributed by atoms with Crippen LogP contribution in [0.25, 0.3) is 10.8 Å². The fourth-order valence-corrected chi connectivity index (χ4v) is 2.78. The van der Waals surface area contributed by atoms with Crippen molar-refractivity contribution in [2.75, 3.05) is 6.61 Å². The van der Waals surface area contributed by atoms with E-state index in [0.717, 1.165) is 18.8 Å². The van der Waals surface area contributed by atoms with E-state index in [1.807, 2.05) is 0 Å². The van der Waals surface area contributed by atoms with Crippen molar-refractivity contribution in [3.05, 3.63) is 42.5 Å². The molecule has 0 saturated heterocycles. The monoisotopic (exact) mass is 270 g/mol. The van der Waals surface area contributed by atoms with Crippen LogP contribution in [0.15, 0.2) is 42.5 Å². The summed E-state index contributed by atoms with van der Waals surface area (Å²) in [6, 6.07) is 14.7. The maximum absolute atomic E-state index is 5.90. The van der Waals surface area contributed by atoms with E-state index >= 15 is 0 Å². The van der Waals surface area contributed by atoms with Gasteiger partial charge in [0.1, 0.15) is 5.75 Å². The van der Waals surface area contributed by atoms with E-state index < -0.39 is 0 Å². The second-order valence-corrected chi connectivity index (χ2v) is 7.02. The minimum absolute atomic E-state index is 0.405. The van der Waals surface area contributed by atoms with Crippen LogP contribution in [0, 0.1) is 11.3 Å². The molecule has 2 rings (SSSR count). The van der Waals surface area contributed by atoms with Gasteiger partial charge in [-0.2, -0.15) is 0 Å². The molecule has 0 fully saturated rings. The molecule has 1 nitrogen and oxygen atoms in total. The van der Waals surface area contributed by atoms with Crippen molar-refractivity contribution in [2.45, 2.75) is 40.5 Å². The summed E-state index contributed by atoms with van der Waals surface area (Å²) in [6.45, 7) is 10.0. The molecule has 0 aliphatic rings. The summed E-state index contributed by atoms with van der Waals surface area (Å²) in [7, 11) is 0. The highest BCUT2D eigenvalue weighted by Crippen LogP contribution is 2.26. The Morgan fingerprint density at radius 3 is 2.40 bits per heavy atom. The summed E-state index contributed by atoms with van der Waals surface area (Å²) >= 11 is 0. The molecule has 2 aromatic rings. The molecule has 0 amide bonds. The minimum atomic E-state index is 0.405. The molecule has 0 radical (unpaired) electrons. The Morgan fingerprint density at radius 2 is 1.70 bits per heavy atom. The summed E-state index contributed by atoms with van der Waals surface area (Å²) in [6.07, 6.45) is 2.36. The molecule has 0 N–H and O–H groups in total. The first kappa shape index (κ1) is 14.9. The number of hydrogen-bond donors (Lipinski definition) is 0. The van der Waals surface area contributed by atoms with Gasteiger partial charge in [0.2, 0.25) is 0 Å². The van der Waals surface area contributed by atoms with Crippen molar-refractivity contribution in [3.63, 3.8) is 0 Å². The van der Waals surface area contributed by atoms with Gasteiger partial charge in [0.25, 0.3) is 0 Å². The zero-order chi connectivity index (χ0) is 14.6. The SMILES string of the molecule is CC(CCOc1ccc2ccccc2c1)CC(C)(C)C. The van der Waals surface area contributed by atoms with Crippen molar-refractivity contribution < 1.29 is 4.74 Å². The highest BCUT2D eigenvalue weighted by molar-refractivity contribution is 5.83. The van der Waals surface area contributed by atoms with Gasteiger partial charge >= 0.3 is 0 Å². The van der Waals surface area contributed by atoms with Gasteiger partial charge in [-0.3, -0.25) is 0 Å². The standard InChI is InChI=1S/C19H26O/c1-15(14-19(2,3)4)11-12-20-18-10-9-16-7-5-6-8-17(16)13-18/h5-10,13,15H,11-12,14H2,1-4H3. The topological polar surface area (TPSA) is 9.23 Å². The quantitative estimate of drug-likeness (QED) is 0.679. The summed E-state index contributed by atoms with van der Waals surface area (Å²) in [5, 5.41) is 2.51. The van der Waals surface area contributed by atoms with Crippen LogP contribution in [0.2, 0.25) is 0 Å². The number of hydrogen-bond acceptors (Lipinski definition) is 1. The smallest absolute Gasteiger partial charge is 0.119 e. The largest absolute Gasteiger partial charge is 0.494 e. The van der Waals surface area contributed by atoms with Crippen LogP contribution < -0.4 is 4.74 Å². The van der Waals surface area contributed by atoms with Gasteiger partial charge in [0, 0.05) is 0 Å². The second kappa shape index (κ2) is 6.30. The van der Waals surface area contributed by atoms with Crippen molar-refractivity contribution >= 4 is 10.8 Å². The van der Waals surface area contributed by atoms with Crippen molar-refractivity contribution in [1.82, 2.24) is 0 Å². The molecule has 1 atom stereocenters. The summed E-state index contributed by atoms with van der Waals surface area (Å²) < 4.78 is 5.90. The highest BCUT2D eigenvalue weighted by atomic mass is 16.5. The average molecular weight is 270 g/mol. The first-order valence-corrected chi connectivity index (χ1v) is 7.56. The van der Waals surface area contributed by atoms with E-state index in [4.69, 9.17) is 4.74 Å². The molecule has 108 valence electrons. The maximum atomic E-state index is 5.90. The number of ether oxygens (including phenoxy) is 1.